The van der Waals surface area contributed by atoms with E-state index in [1.165, 1.54) is 12.8 Å². The second kappa shape index (κ2) is 3.85. The molecular weight excluding hydrogens is 198 g/mol. The molecular formula is C14H25NO. The van der Waals surface area contributed by atoms with Crippen molar-refractivity contribution in [2.75, 3.05) is 0 Å². The largest absolute Gasteiger partial charge is 0.365 e. The molecule has 0 bridgehead atoms. The summed E-state index contributed by atoms with van der Waals surface area (Å²) < 4.78 is 6.14. The standard InChI is InChI=1S/C14H25NO/c1-13(2)9-12(14(3,4)16-13)10-5-7-11(15)8-6-10/h11H,5-9,15H2,1-4H3. The molecule has 2 rings (SSSR count). The van der Waals surface area contributed by atoms with Crippen LogP contribution >= 0.6 is 0 Å². The van der Waals surface area contributed by atoms with Crippen LogP contribution in [0.15, 0.2) is 11.1 Å². The summed E-state index contributed by atoms with van der Waals surface area (Å²) in [6.07, 6.45) is 5.74. The molecule has 92 valence electrons. The van der Waals surface area contributed by atoms with Gasteiger partial charge in [0, 0.05) is 6.04 Å². The van der Waals surface area contributed by atoms with Crippen LogP contribution in [0.2, 0.25) is 0 Å². The van der Waals surface area contributed by atoms with E-state index in [9.17, 15) is 0 Å². The first-order valence-electron chi connectivity index (χ1n) is 6.47. The summed E-state index contributed by atoms with van der Waals surface area (Å²) in [5, 5.41) is 0. The SMILES string of the molecule is CC1(C)CC(=C2CCC(N)CC2)C(C)(C)O1. The normalized spacial score (nSPS) is 33.2. The number of nitrogens with two attached hydrogens (primary N) is 1. The minimum atomic E-state index is -0.0692. The van der Waals surface area contributed by atoms with Crippen LogP contribution in [0.25, 0.3) is 0 Å². The Morgan fingerprint density at radius 2 is 1.69 bits per heavy atom. The Balaban J connectivity index is 2.23. The van der Waals surface area contributed by atoms with Gasteiger partial charge in [-0.3, -0.25) is 0 Å². The summed E-state index contributed by atoms with van der Waals surface area (Å²) in [4.78, 5) is 0. The molecule has 2 aliphatic rings. The van der Waals surface area contributed by atoms with Gasteiger partial charge in [0.15, 0.2) is 0 Å². The van der Waals surface area contributed by atoms with Crippen molar-refractivity contribution >= 4 is 0 Å². The number of ether oxygens (including phenoxy) is 1. The Kier molecular flexibility index (Phi) is 2.92. The van der Waals surface area contributed by atoms with Crippen molar-refractivity contribution in [1.29, 1.82) is 0 Å². The maximum absolute atomic E-state index is 6.14. The van der Waals surface area contributed by atoms with Gasteiger partial charge in [0.25, 0.3) is 0 Å². The fourth-order valence-electron chi connectivity index (χ4n) is 3.27. The highest BCUT2D eigenvalue weighted by atomic mass is 16.5. The molecule has 0 atom stereocenters. The average Bonchev–Trinajstić information content (AvgIpc) is 2.35. The summed E-state index contributed by atoms with van der Waals surface area (Å²) in [6, 6.07) is 0.419. The smallest absolute Gasteiger partial charge is 0.0846 e. The molecule has 2 nitrogen and oxygen atoms in total. The lowest BCUT2D eigenvalue weighted by Gasteiger charge is -2.28. The Bertz CT molecular complexity index is 305. The van der Waals surface area contributed by atoms with Gasteiger partial charge in [-0.15, -0.1) is 0 Å². The highest BCUT2D eigenvalue weighted by Gasteiger charge is 2.43. The number of allylic oxidation sites excluding steroid dienone is 1. The second-order valence-corrected chi connectivity index (χ2v) is 6.47. The molecule has 1 saturated carbocycles. The molecule has 0 aromatic carbocycles. The molecule has 0 unspecified atom stereocenters. The van der Waals surface area contributed by atoms with Crippen molar-refractivity contribution in [3.63, 3.8) is 0 Å². The zero-order chi connectivity index (χ0) is 12.0. The van der Waals surface area contributed by atoms with Gasteiger partial charge in [0.1, 0.15) is 0 Å². The molecule has 0 amide bonds. The number of rotatable bonds is 0. The van der Waals surface area contributed by atoms with Gasteiger partial charge in [-0.05, 0) is 65.4 Å². The third kappa shape index (κ3) is 2.33. The average molecular weight is 223 g/mol. The van der Waals surface area contributed by atoms with Crippen LogP contribution in [0.3, 0.4) is 0 Å². The topological polar surface area (TPSA) is 35.2 Å². The lowest BCUT2D eigenvalue weighted by molar-refractivity contribution is -0.0569. The van der Waals surface area contributed by atoms with Crippen LogP contribution in [-0.2, 0) is 4.74 Å². The molecule has 16 heavy (non-hydrogen) atoms. The van der Waals surface area contributed by atoms with E-state index in [2.05, 4.69) is 27.7 Å². The van der Waals surface area contributed by atoms with Gasteiger partial charge in [-0.1, -0.05) is 5.57 Å². The van der Waals surface area contributed by atoms with Crippen molar-refractivity contribution in [1.82, 2.24) is 0 Å². The van der Waals surface area contributed by atoms with Crippen LogP contribution in [0.5, 0.6) is 0 Å². The van der Waals surface area contributed by atoms with Crippen LogP contribution in [-0.4, -0.2) is 17.2 Å². The monoisotopic (exact) mass is 223 g/mol. The van der Waals surface area contributed by atoms with Gasteiger partial charge in [-0.2, -0.15) is 0 Å². The maximum Gasteiger partial charge on any atom is 0.0846 e. The lowest BCUT2D eigenvalue weighted by Crippen LogP contribution is -2.28. The maximum atomic E-state index is 6.14. The summed E-state index contributed by atoms with van der Waals surface area (Å²) in [7, 11) is 0. The highest BCUT2D eigenvalue weighted by molar-refractivity contribution is 5.29. The molecule has 0 aromatic heterocycles. The van der Waals surface area contributed by atoms with Crippen LogP contribution in [0, 0.1) is 0 Å². The van der Waals surface area contributed by atoms with E-state index in [4.69, 9.17) is 10.5 Å². The number of hydrogen-bond acceptors (Lipinski definition) is 2. The van der Waals surface area contributed by atoms with Crippen LogP contribution in [0.4, 0.5) is 0 Å². The predicted molar refractivity (Wildman–Crippen MR) is 67.3 cm³/mol. The van der Waals surface area contributed by atoms with E-state index in [1.807, 2.05) is 0 Å². The molecule has 0 radical (unpaired) electrons. The molecule has 2 heteroatoms. The van der Waals surface area contributed by atoms with Gasteiger partial charge in [0.05, 0.1) is 11.2 Å². The first-order chi connectivity index (χ1) is 7.30. The second-order valence-electron chi connectivity index (χ2n) is 6.47. The van der Waals surface area contributed by atoms with E-state index in [0.717, 1.165) is 19.3 Å². The fraction of sp³-hybridized carbons (Fsp3) is 0.857. The summed E-state index contributed by atoms with van der Waals surface area (Å²) in [5.74, 6) is 0. The highest BCUT2D eigenvalue weighted by Crippen LogP contribution is 2.45. The molecule has 1 saturated heterocycles. The Morgan fingerprint density at radius 3 is 2.12 bits per heavy atom. The lowest BCUT2D eigenvalue weighted by atomic mass is 9.82. The first-order valence-corrected chi connectivity index (χ1v) is 6.47. The van der Waals surface area contributed by atoms with Crippen molar-refractivity contribution in [2.45, 2.75) is 77.0 Å². The van der Waals surface area contributed by atoms with E-state index in [-0.39, 0.29) is 11.2 Å². The van der Waals surface area contributed by atoms with Crippen LogP contribution in [0.1, 0.15) is 59.8 Å². The van der Waals surface area contributed by atoms with Crippen LogP contribution < -0.4 is 5.73 Å². The predicted octanol–water partition coefficient (Wildman–Crippen LogP) is 3.16. The Hall–Kier alpha value is -0.340. The van der Waals surface area contributed by atoms with E-state index in [0.29, 0.717) is 6.04 Å². The summed E-state index contributed by atoms with van der Waals surface area (Å²) in [6.45, 7) is 8.80. The summed E-state index contributed by atoms with van der Waals surface area (Å²) >= 11 is 0. The Labute approximate surface area is 99.2 Å². The minimum absolute atomic E-state index is 0.00535. The fourth-order valence-corrected chi connectivity index (χ4v) is 3.27. The minimum Gasteiger partial charge on any atom is -0.365 e. The van der Waals surface area contributed by atoms with Crippen molar-refractivity contribution < 1.29 is 4.74 Å². The van der Waals surface area contributed by atoms with Gasteiger partial charge in [-0.25, -0.2) is 0 Å². The molecule has 1 heterocycles. The third-order valence-corrected chi connectivity index (χ3v) is 3.92. The summed E-state index contributed by atoms with van der Waals surface area (Å²) in [5.41, 5.74) is 9.07. The molecule has 0 spiro atoms. The molecule has 1 aliphatic carbocycles. The van der Waals surface area contributed by atoms with Crippen molar-refractivity contribution in [2.24, 2.45) is 5.73 Å². The van der Waals surface area contributed by atoms with Crippen molar-refractivity contribution in [3.8, 4) is 0 Å². The Morgan fingerprint density at radius 1 is 1.12 bits per heavy atom. The van der Waals surface area contributed by atoms with Gasteiger partial charge < -0.3 is 10.5 Å². The van der Waals surface area contributed by atoms with Gasteiger partial charge in [0.2, 0.25) is 0 Å². The molecule has 2 N–H and O–H groups in total. The first kappa shape index (κ1) is 12.1. The molecule has 2 fully saturated rings. The zero-order valence-corrected chi connectivity index (χ0v) is 11.1. The number of hydrogen-bond donors (Lipinski definition) is 1. The van der Waals surface area contributed by atoms with E-state index < -0.39 is 0 Å². The van der Waals surface area contributed by atoms with Crippen molar-refractivity contribution in [3.05, 3.63) is 11.1 Å². The van der Waals surface area contributed by atoms with E-state index in [1.54, 1.807) is 11.1 Å². The van der Waals surface area contributed by atoms with E-state index >= 15 is 0 Å². The molecule has 0 aromatic rings. The quantitative estimate of drug-likeness (QED) is 0.640. The third-order valence-electron chi connectivity index (χ3n) is 3.92. The zero-order valence-electron chi connectivity index (χ0n) is 11.1. The van der Waals surface area contributed by atoms with Gasteiger partial charge >= 0.3 is 0 Å². The molecule has 1 aliphatic heterocycles.